The van der Waals surface area contributed by atoms with Gasteiger partial charge in [-0.05, 0) is 60.3 Å². The van der Waals surface area contributed by atoms with Crippen LogP contribution >= 0.6 is 27.5 Å². The van der Waals surface area contributed by atoms with Gasteiger partial charge in [-0.15, -0.1) is 0 Å². The van der Waals surface area contributed by atoms with Gasteiger partial charge in [-0.2, -0.15) is 9.40 Å². The molecule has 2 aromatic heterocycles. The van der Waals surface area contributed by atoms with Crippen LogP contribution in [0.4, 0.5) is 0 Å². The topological polar surface area (TPSA) is 104 Å². The first-order valence-electron chi connectivity index (χ1n) is 11.0. The minimum Gasteiger partial charge on any atom is -0.465 e. The van der Waals surface area contributed by atoms with Gasteiger partial charge in [0.2, 0.25) is 15.9 Å². The van der Waals surface area contributed by atoms with Crippen molar-refractivity contribution >= 4 is 43.5 Å². The van der Waals surface area contributed by atoms with Crippen LogP contribution in [0.15, 0.2) is 52.1 Å². The zero-order valence-corrected chi connectivity index (χ0v) is 22.3. The molecule has 1 aliphatic carbocycles. The molecule has 0 saturated heterocycles. The van der Waals surface area contributed by atoms with Gasteiger partial charge in [0, 0.05) is 18.3 Å². The van der Waals surface area contributed by atoms with Crippen molar-refractivity contribution in [3.63, 3.8) is 0 Å². The number of ether oxygens (including phenoxy) is 2. The van der Waals surface area contributed by atoms with Crippen LogP contribution in [0.2, 0.25) is 5.02 Å². The number of pyridine rings is 1. The van der Waals surface area contributed by atoms with Crippen LogP contribution in [0.3, 0.4) is 0 Å². The molecule has 1 aromatic carbocycles. The highest BCUT2D eigenvalue weighted by molar-refractivity contribution is 9.10. The molecule has 1 aliphatic rings. The Labute approximate surface area is 217 Å². The van der Waals surface area contributed by atoms with E-state index in [1.165, 1.54) is 16.6 Å². The lowest BCUT2D eigenvalue weighted by Crippen LogP contribution is -2.33. The Morgan fingerprint density at radius 2 is 2.09 bits per heavy atom. The molecular weight excluding hydrogens is 560 g/mol. The quantitative estimate of drug-likeness (QED) is 0.353. The number of nitrogens with zero attached hydrogens (tertiary/aromatic N) is 4. The average Bonchev–Trinajstić information content (AvgIpc) is 3.24. The van der Waals surface area contributed by atoms with E-state index in [1.807, 2.05) is 0 Å². The van der Waals surface area contributed by atoms with Gasteiger partial charge in [0.15, 0.2) is 0 Å². The van der Waals surface area contributed by atoms with Gasteiger partial charge < -0.3 is 9.47 Å². The van der Waals surface area contributed by atoms with Crippen LogP contribution in [0.25, 0.3) is 0 Å². The van der Waals surface area contributed by atoms with E-state index in [0.717, 1.165) is 17.7 Å². The Kier molecular flexibility index (Phi) is 7.80. The molecular formula is C23H24BrClN4O5S. The highest BCUT2D eigenvalue weighted by Crippen LogP contribution is 2.38. The van der Waals surface area contributed by atoms with E-state index in [1.54, 1.807) is 49.1 Å². The van der Waals surface area contributed by atoms with Crippen molar-refractivity contribution in [1.29, 1.82) is 0 Å². The molecule has 0 fully saturated rings. The van der Waals surface area contributed by atoms with Gasteiger partial charge in [-0.25, -0.2) is 13.4 Å². The van der Waals surface area contributed by atoms with Crippen molar-refractivity contribution in [1.82, 2.24) is 19.1 Å². The Morgan fingerprint density at radius 3 is 2.80 bits per heavy atom. The van der Waals surface area contributed by atoms with Crippen LogP contribution in [-0.2, 0) is 32.5 Å². The van der Waals surface area contributed by atoms with Crippen LogP contribution in [0.1, 0.15) is 37.1 Å². The number of hydrogen-bond donors (Lipinski definition) is 0. The molecule has 0 unspecified atom stereocenters. The molecule has 3 aromatic rings. The molecule has 1 atom stereocenters. The van der Waals surface area contributed by atoms with Crippen molar-refractivity contribution in [2.75, 3.05) is 13.7 Å². The second kappa shape index (κ2) is 10.7. The molecule has 35 heavy (non-hydrogen) atoms. The molecule has 12 heteroatoms. The number of fused-ring (bicyclic) bond motifs is 1. The summed E-state index contributed by atoms with van der Waals surface area (Å²) < 4.78 is 41.0. The number of halogens is 2. The summed E-state index contributed by atoms with van der Waals surface area (Å²) in [6.45, 7) is 2.03. The summed E-state index contributed by atoms with van der Waals surface area (Å²) in [7, 11) is -2.35. The first kappa shape index (κ1) is 25.6. The number of esters is 1. The number of aromatic nitrogens is 3. The first-order valence-corrected chi connectivity index (χ1v) is 13.6. The highest BCUT2D eigenvalue weighted by atomic mass is 79.9. The molecule has 0 N–H and O–H groups in total. The lowest BCUT2D eigenvalue weighted by molar-refractivity contribution is -0.144. The van der Waals surface area contributed by atoms with Crippen molar-refractivity contribution in [2.45, 2.75) is 43.7 Å². The smallest absolute Gasteiger partial charge is 0.327 e. The van der Waals surface area contributed by atoms with E-state index < -0.39 is 16.1 Å². The summed E-state index contributed by atoms with van der Waals surface area (Å²) in [5, 5.41) is 4.74. The lowest BCUT2D eigenvalue weighted by atomic mass is 9.93. The van der Waals surface area contributed by atoms with Gasteiger partial charge in [0.25, 0.3) is 0 Å². The molecule has 0 aliphatic heterocycles. The molecule has 0 amide bonds. The molecule has 0 bridgehead atoms. The lowest BCUT2D eigenvalue weighted by Gasteiger charge is -2.30. The van der Waals surface area contributed by atoms with Crippen molar-refractivity contribution in [2.24, 2.45) is 0 Å². The number of carbonyl (C=O) groups is 1. The molecule has 2 heterocycles. The van der Waals surface area contributed by atoms with Gasteiger partial charge >= 0.3 is 5.97 Å². The van der Waals surface area contributed by atoms with Crippen molar-refractivity contribution in [3.05, 3.63) is 63.5 Å². The second-order valence-electron chi connectivity index (χ2n) is 7.93. The Hall–Kier alpha value is -2.47. The number of carbonyl (C=O) groups excluding carboxylic acids is 1. The zero-order valence-electron chi connectivity index (χ0n) is 19.1. The van der Waals surface area contributed by atoms with E-state index in [2.05, 4.69) is 26.0 Å². The van der Waals surface area contributed by atoms with E-state index >= 15 is 0 Å². The number of benzene rings is 1. The maximum atomic E-state index is 13.5. The summed E-state index contributed by atoms with van der Waals surface area (Å²) in [5.41, 5.74) is 1.64. The predicted octanol–water partition coefficient (Wildman–Crippen LogP) is 4.75. The number of sulfonamides is 1. The van der Waals surface area contributed by atoms with Crippen LogP contribution in [0.5, 0.6) is 11.6 Å². The molecule has 4 rings (SSSR count). The highest BCUT2D eigenvalue weighted by Gasteiger charge is 2.35. The second-order valence-corrected chi connectivity index (χ2v) is 11.2. The SMILES string of the molecule is CCOC(=O)Cn1ncc2c1CCC[C@H]2N(C)S(=O)(=O)c1cnc(Oc2ccccc2Cl)c(Br)c1. The fourth-order valence-electron chi connectivity index (χ4n) is 4.03. The van der Waals surface area contributed by atoms with Gasteiger partial charge in [0.05, 0.1) is 34.5 Å². The molecule has 0 saturated carbocycles. The Bertz CT molecular complexity index is 1350. The van der Waals surface area contributed by atoms with E-state index in [0.29, 0.717) is 28.1 Å². The number of para-hydroxylation sites is 1. The standard InChI is InChI=1S/C23H24BrClN4O5S/c1-3-33-22(30)14-29-20-9-6-8-19(16(20)13-27-29)28(2)35(31,32)15-11-17(24)23(26-12-15)34-21-10-5-4-7-18(21)25/h4-5,7,10-13,19H,3,6,8-9,14H2,1-2H3/t19-/m1/s1. The maximum absolute atomic E-state index is 13.5. The molecule has 186 valence electrons. The van der Waals surface area contributed by atoms with E-state index in [-0.39, 0.29) is 29.9 Å². The van der Waals surface area contributed by atoms with Gasteiger partial charge in [-0.1, -0.05) is 23.7 Å². The van der Waals surface area contributed by atoms with Crippen LogP contribution < -0.4 is 4.74 Å². The molecule has 9 nitrogen and oxygen atoms in total. The third kappa shape index (κ3) is 5.37. The normalized spacial score (nSPS) is 15.6. The Balaban J connectivity index is 1.57. The monoisotopic (exact) mass is 582 g/mol. The summed E-state index contributed by atoms with van der Waals surface area (Å²) in [6, 6.07) is 7.97. The molecule has 0 radical (unpaired) electrons. The Morgan fingerprint density at radius 1 is 1.31 bits per heavy atom. The number of rotatable bonds is 8. The summed E-state index contributed by atoms with van der Waals surface area (Å²) in [5.74, 6) is 0.223. The van der Waals surface area contributed by atoms with Crippen molar-refractivity contribution < 1.29 is 22.7 Å². The van der Waals surface area contributed by atoms with Gasteiger partial charge in [-0.3, -0.25) is 9.48 Å². The van der Waals surface area contributed by atoms with Gasteiger partial charge in [0.1, 0.15) is 17.2 Å². The summed E-state index contributed by atoms with van der Waals surface area (Å²) >= 11 is 9.50. The largest absolute Gasteiger partial charge is 0.465 e. The van der Waals surface area contributed by atoms with E-state index in [9.17, 15) is 13.2 Å². The minimum atomic E-state index is -3.89. The third-order valence-corrected chi connectivity index (χ3v) is 8.47. The van der Waals surface area contributed by atoms with E-state index in [4.69, 9.17) is 21.1 Å². The molecule has 0 spiro atoms. The zero-order chi connectivity index (χ0) is 25.2. The average molecular weight is 584 g/mol. The third-order valence-electron chi connectivity index (χ3n) is 5.76. The fraction of sp³-hybridized carbons (Fsp3) is 0.348. The summed E-state index contributed by atoms with van der Waals surface area (Å²) in [4.78, 5) is 16.2. The predicted molar refractivity (Wildman–Crippen MR) is 133 cm³/mol. The summed E-state index contributed by atoms with van der Waals surface area (Å²) in [6.07, 6.45) is 5.00. The first-order chi connectivity index (χ1) is 16.7. The minimum absolute atomic E-state index is 0.00385. The van der Waals surface area contributed by atoms with Crippen LogP contribution in [-0.4, -0.2) is 47.1 Å². The number of hydrogen-bond acceptors (Lipinski definition) is 7. The fourth-order valence-corrected chi connectivity index (χ4v) is 6.12. The van der Waals surface area contributed by atoms with Crippen LogP contribution in [0, 0.1) is 0 Å². The maximum Gasteiger partial charge on any atom is 0.327 e. The van der Waals surface area contributed by atoms with Crippen molar-refractivity contribution in [3.8, 4) is 11.6 Å².